The number of hydrogen-bond donors (Lipinski definition) is 0. The number of ether oxygens (including phenoxy) is 2. The highest BCUT2D eigenvalue weighted by molar-refractivity contribution is 5.95. The summed E-state index contributed by atoms with van der Waals surface area (Å²) in [7, 11) is 0. The molecule has 3 aromatic carbocycles. The molecule has 0 atom stereocenters. The molecule has 0 N–H and O–H groups in total. The van der Waals surface area contributed by atoms with Crippen LogP contribution in [0.25, 0.3) is 22.1 Å². The molecule has 4 rings (SSSR count). The number of rotatable bonds is 7. The summed E-state index contributed by atoms with van der Waals surface area (Å²) in [4.78, 5) is 36.9. The molecule has 0 radical (unpaired) electrons. The molecule has 0 bridgehead atoms. The van der Waals surface area contributed by atoms with Crippen LogP contribution >= 0.6 is 0 Å². The Morgan fingerprint density at radius 2 is 1.61 bits per heavy atom. The molecule has 0 saturated heterocycles. The molecule has 166 valence electrons. The number of ketones is 1. The second kappa shape index (κ2) is 9.53. The van der Waals surface area contributed by atoms with E-state index in [2.05, 4.69) is 0 Å². The lowest BCUT2D eigenvalue weighted by molar-refractivity contribution is -0.136. The Labute approximate surface area is 190 Å². The van der Waals surface area contributed by atoms with Gasteiger partial charge in [0.1, 0.15) is 22.8 Å². The van der Waals surface area contributed by atoms with Gasteiger partial charge in [0, 0.05) is 18.1 Å². The number of carbonyl (C=O) groups excluding carboxylic acids is 2. The SMILES string of the molecule is CCC(=O)c1ccc(OCC(=O)Oc2ccc3c(=O)c(-c4ccccc4)c(C)oc3c2)cc1. The molecule has 0 aliphatic heterocycles. The molecule has 0 spiro atoms. The van der Waals surface area contributed by atoms with Crippen molar-refractivity contribution in [2.75, 3.05) is 6.61 Å². The van der Waals surface area contributed by atoms with Crippen LogP contribution in [0.3, 0.4) is 0 Å². The average Bonchev–Trinajstić information content (AvgIpc) is 2.83. The summed E-state index contributed by atoms with van der Waals surface area (Å²) in [5, 5.41) is 0.400. The Kier molecular flexibility index (Phi) is 6.36. The first-order chi connectivity index (χ1) is 16.0. The van der Waals surface area contributed by atoms with Gasteiger partial charge >= 0.3 is 5.97 Å². The van der Waals surface area contributed by atoms with Crippen LogP contribution in [0.5, 0.6) is 11.5 Å². The molecule has 33 heavy (non-hydrogen) atoms. The van der Waals surface area contributed by atoms with Crippen molar-refractivity contribution < 1.29 is 23.5 Å². The highest BCUT2D eigenvalue weighted by atomic mass is 16.6. The third-order valence-electron chi connectivity index (χ3n) is 5.19. The van der Waals surface area contributed by atoms with Gasteiger partial charge in [-0.15, -0.1) is 0 Å². The molecule has 1 heterocycles. The standard InChI is InChI=1S/C27H22O6/c1-3-23(28)18-9-11-20(12-10-18)31-16-25(29)33-21-13-14-22-24(15-21)32-17(2)26(27(22)30)19-7-5-4-6-8-19/h4-15H,3,16H2,1-2H3. The summed E-state index contributed by atoms with van der Waals surface area (Å²) >= 11 is 0. The van der Waals surface area contributed by atoms with Crippen molar-refractivity contribution in [3.63, 3.8) is 0 Å². The van der Waals surface area contributed by atoms with Gasteiger partial charge in [0.25, 0.3) is 0 Å². The van der Waals surface area contributed by atoms with Gasteiger partial charge < -0.3 is 13.9 Å². The second-order valence-electron chi connectivity index (χ2n) is 7.45. The molecule has 0 fully saturated rings. The Hall–Kier alpha value is -4.19. The van der Waals surface area contributed by atoms with Crippen LogP contribution in [0, 0.1) is 6.92 Å². The van der Waals surface area contributed by atoms with Gasteiger partial charge in [0.2, 0.25) is 5.43 Å². The van der Waals surface area contributed by atoms with Crippen LogP contribution < -0.4 is 14.9 Å². The van der Waals surface area contributed by atoms with Crippen molar-refractivity contribution in [2.45, 2.75) is 20.3 Å². The number of carbonyl (C=O) groups is 2. The first-order valence-electron chi connectivity index (χ1n) is 10.6. The number of aryl methyl sites for hydroxylation is 1. The summed E-state index contributed by atoms with van der Waals surface area (Å²) in [5.74, 6) is 0.608. The molecule has 0 aliphatic rings. The van der Waals surface area contributed by atoms with Crippen molar-refractivity contribution in [1.29, 1.82) is 0 Å². The highest BCUT2D eigenvalue weighted by Crippen LogP contribution is 2.26. The zero-order valence-corrected chi connectivity index (χ0v) is 18.3. The zero-order valence-electron chi connectivity index (χ0n) is 18.3. The minimum Gasteiger partial charge on any atom is -0.482 e. The summed E-state index contributed by atoms with van der Waals surface area (Å²) in [6.07, 6.45) is 0.422. The van der Waals surface area contributed by atoms with Crippen LogP contribution in [0.4, 0.5) is 0 Å². The zero-order chi connectivity index (χ0) is 23.4. The second-order valence-corrected chi connectivity index (χ2v) is 7.45. The van der Waals surface area contributed by atoms with E-state index in [1.54, 1.807) is 50.2 Å². The van der Waals surface area contributed by atoms with Gasteiger partial charge in [-0.1, -0.05) is 37.3 Å². The van der Waals surface area contributed by atoms with E-state index in [1.165, 1.54) is 6.07 Å². The maximum atomic E-state index is 13.0. The van der Waals surface area contributed by atoms with E-state index >= 15 is 0 Å². The van der Waals surface area contributed by atoms with E-state index in [-0.39, 0.29) is 23.6 Å². The Morgan fingerprint density at radius 3 is 2.30 bits per heavy atom. The van der Waals surface area contributed by atoms with E-state index in [9.17, 15) is 14.4 Å². The molecule has 0 saturated carbocycles. The third-order valence-corrected chi connectivity index (χ3v) is 5.19. The first kappa shape index (κ1) is 22.0. The Bertz CT molecular complexity index is 1370. The average molecular weight is 442 g/mol. The van der Waals surface area contributed by atoms with Crippen LogP contribution in [0.2, 0.25) is 0 Å². The molecule has 0 aliphatic carbocycles. The summed E-state index contributed by atoms with van der Waals surface area (Å²) < 4.78 is 16.6. The topological polar surface area (TPSA) is 82.8 Å². The summed E-state index contributed by atoms with van der Waals surface area (Å²) in [5.41, 5.74) is 2.07. The van der Waals surface area contributed by atoms with Crippen LogP contribution in [0.15, 0.2) is 82.0 Å². The van der Waals surface area contributed by atoms with Crippen molar-refractivity contribution in [3.8, 4) is 22.6 Å². The van der Waals surface area contributed by atoms with E-state index < -0.39 is 5.97 Å². The van der Waals surface area contributed by atoms with Crippen molar-refractivity contribution in [3.05, 3.63) is 94.3 Å². The van der Waals surface area contributed by atoms with Crippen molar-refractivity contribution in [1.82, 2.24) is 0 Å². The highest BCUT2D eigenvalue weighted by Gasteiger charge is 2.15. The number of fused-ring (bicyclic) bond motifs is 1. The minimum absolute atomic E-state index is 0.0371. The van der Waals surface area contributed by atoms with Gasteiger partial charge in [-0.05, 0) is 48.9 Å². The minimum atomic E-state index is -0.608. The van der Waals surface area contributed by atoms with E-state index in [4.69, 9.17) is 13.9 Å². The fraction of sp³-hybridized carbons (Fsp3) is 0.148. The number of benzene rings is 3. The monoisotopic (exact) mass is 442 g/mol. The Balaban J connectivity index is 1.47. The smallest absolute Gasteiger partial charge is 0.349 e. The molecule has 6 nitrogen and oxygen atoms in total. The van der Waals surface area contributed by atoms with Crippen molar-refractivity contribution in [2.24, 2.45) is 0 Å². The lowest BCUT2D eigenvalue weighted by atomic mass is 10.0. The maximum absolute atomic E-state index is 13.0. The normalized spacial score (nSPS) is 10.7. The number of Topliss-reactive ketones (excluding diaryl/α,β-unsaturated/α-hetero) is 1. The molecule has 4 aromatic rings. The van der Waals surface area contributed by atoms with E-state index in [0.29, 0.717) is 40.0 Å². The maximum Gasteiger partial charge on any atom is 0.349 e. The molecule has 1 aromatic heterocycles. The van der Waals surface area contributed by atoms with Crippen LogP contribution in [-0.2, 0) is 4.79 Å². The van der Waals surface area contributed by atoms with Gasteiger partial charge in [-0.25, -0.2) is 4.79 Å². The van der Waals surface area contributed by atoms with Crippen LogP contribution in [0.1, 0.15) is 29.5 Å². The number of hydrogen-bond acceptors (Lipinski definition) is 6. The molecule has 0 amide bonds. The first-order valence-corrected chi connectivity index (χ1v) is 10.6. The van der Waals surface area contributed by atoms with E-state index in [0.717, 1.165) is 5.56 Å². The summed E-state index contributed by atoms with van der Waals surface area (Å²) in [6.45, 7) is 3.22. The van der Waals surface area contributed by atoms with E-state index in [1.807, 2.05) is 30.3 Å². The number of esters is 1. The predicted octanol–water partition coefficient (Wildman–Crippen LogP) is 5.35. The summed E-state index contributed by atoms with van der Waals surface area (Å²) in [6, 6.07) is 20.6. The predicted molar refractivity (Wildman–Crippen MR) is 125 cm³/mol. The van der Waals surface area contributed by atoms with Gasteiger partial charge in [0.05, 0.1) is 10.9 Å². The van der Waals surface area contributed by atoms with Crippen molar-refractivity contribution >= 4 is 22.7 Å². The van der Waals surface area contributed by atoms with Gasteiger partial charge in [-0.2, -0.15) is 0 Å². The largest absolute Gasteiger partial charge is 0.482 e. The fourth-order valence-electron chi connectivity index (χ4n) is 3.53. The van der Waals surface area contributed by atoms with Crippen LogP contribution in [-0.4, -0.2) is 18.4 Å². The quantitative estimate of drug-likeness (QED) is 0.218. The lowest BCUT2D eigenvalue weighted by Gasteiger charge is -2.09. The molecular formula is C27H22O6. The molecule has 0 unspecified atom stereocenters. The fourth-order valence-corrected chi connectivity index (χ4v) is 3.53. The van der Waals surface area contributed by atoms with Gasteiger partial charge in [0.15, 0.2) is 12.4 Å². The van der Waals surface area contributed by atoms with Gasteiger partial charge in [-0.3, -0.25) is 9.59 Å². The third kappa shape index (κ3) is 4.85. The molecule has 6 heteroatoms. The lowest BCUT2D eigenvalue weighted by Crippen LogP contribution is -2.17. The molecular weight excluding hydrogens is 420 g/mol. The Morgan fingerprint density at radius 1 is 0.909 bits per heavy atom.